The smallest absolute Gasteiger partial charge is 0.408 e. The highest BCUT2D eigenvalue weighted by Crippen LogP contribution is 2.21. The molecular formula is C14H14N2O6. The Morgan fingerprint density at radius 2 is 2.05 bits per heavy atom. The molecule has 0 radical (unpaired) electrons. The zero-order chi connectivity index (χ0) is 16.1. The van der Waals surface area contributed by atoms with Crippen molar-refractivity contribution in [3.63, 3.8) is 0 Å². The van der Waals surface area contributed by atoms with Crippen LogP contribution in [0.4, 0.5) is 4.79 Å². The highest BCUT2D eigenvalue weighted by Gasteiger charge is 2.10. The van der Waals surface area contributed by atoms with Gasteiger partial charge in [-0.2, -0.15) is 0 Å². The third-order valence-electron chi connectivity index (χ3n) is 2.87. The lowest BCUT2D eigenvalue weighted by molar-refractivity contribution is -0.120. The fraction of sp³-hybridized carbons (Fsp3) is 0.214. The van der Waals surface area contributed by atoms with E-state index >= 15 is 0 Å². The molecule has 1 aromatic heterocycles. The minimum absolute atomic E-state index is 0.0421. The molecule has 22 heavy (non-hydrogen) atoms. The molecule has 1 heterocycles. The number of benzene rings is 1. The van der Waals surface area contributed by atoms with Crippen LogP contribution in [0, 0.1) is 0 Å². The number of fused-ring (bicyclic) bond motifs is 1. The number of hydrogen-bond donors (Lipinski definition) is 3. The number of alkyl carbamates (subject to hydrolysis) is 1. The first-order valence-electron chi connectivity index (χ1n) is 6.34. The number of ether oxygens (including phenoxy) is 1. The standard InChI is InChI=1S/C14H14N2O6/c1-21-14(20)16-7-15-12(18)4-8-5-13(19)22-11-6-9(17)2-3-10(8)11/h2-3,5-6,17H,4,7H2,1H3,(H,15,18)(H,16,20). The van der Waals surface area contributed by atoms with Crippen LogP contribution in [0.5, 0.6) is 5.75 Å². The monoisotopic (exact) mass is 306 g/mol. The minimum atomic E-state index is -0.665. The zero-order valence-electron chi connectivity index (χ0n) is 11.7. The average molecular weight is 306 g/mol. The molecule has 2 rings (SSSR count). The number of carbonyl (C=O) groups excluding carboxylic acids is 2. The van der Waals surface area contributed by atoms with Gasteiger partial charge in [-0.15, -0.1) is 0 Å². The van der Waals surface area contributed by atoms with Crippen molar-refractivity contribution in [3.05, 3.63) is 40.2 Å². The van der Waals surface area contributed by atoms with Crippen molar-refractivity contribution in [3.8, 4) is 5.75 Å². The summed E-state index contributed by atoms with van der Waals surface area (Å²) in [5, 5.41) is 14.7. The molecule has 3 N–H and O–H groups in total. The van der Waals surface area contributed by atoms with E-state index < -0.39 is 17.6 Å². The van der Waals surface area contributed by atoms with E-state index in [1.54, 1.807) is 6.07 Å². The van der Waals surface area contributed by atoms with Gasteiger partial charge in [0.25, 0.3) is 0 Å². The van der Waals surface area contributed by atoms with Gasteiger partial charge in [-0.05, 0) is 17.7 Å². The number of aromatic hydroxyl groups is 1. The van der Waals surface area contributed by atoms with Gasteiger partial charge in [-0.1, -0.05) is 0 Å². The second kappa shape index (κ2) is 6.61. The third kappa shape index (κ3) is 3.75. The summed E-state index contributed by atoms with van der Waals surface area (Å²) < 4.78 is 9.33. The number of rotatable bonds is 4. The van der Waals surface area contributed by atoms with Gasteiger partial charge in [-0.3, -0.25) is 4.79 Å². The second-order valence-corrected chi connectivity index (χ2v) is 4.39. The van der Waals surface area contributed by atoms with Gasteiger partial charge in [0.2, 0.25) is 5.91 Å². The van der Waals surface area contributed by atoms with Crippen LogP contribution in [0.3, 0.4) is 0 Å². The molecule has 116 valence electrons. The summed E-state index contributed by atoms with van der Waals surface area (Å²) in [7, 11) is 1.21. The van der Waals surface area contributed by atoms with Crippen LogP contribution in [0.15, 0.2) is 33.5 Å². The average Bonchev–Trinajstić information content (AvgIpc) is 2.46. The van der Waals surface area contributed by atoms with Crippen molar-refractivity contribution < 1.29 is 23.8 Å². The fourth-order valence-corrected chi connectivity index (χ4v) is 1.89. The Balaban J connectivity index is 2.12. The number of amides is 2. The first-order chi connectivity index (χ1) is 10.5. The number of phenolic OH excluding ortho intramolecular Hbond substituents is 1. The van der Waals surface area contributed by atoms with Crippen molar-refractivity contribution >= 4 is 23.0 Å². The van der Waals surface area contributed by atoms with Crippen molar-refractivity contribution in [2.75, 3.05) is 13.8 Å². The third-order valence-corrected chi connectivity index (χ3v) is 2.87. The zero-order valence-corrected chi connectivity index (χ0v) is 11.7. The Hall–Kier alpha value is -3.03. The molecule has 0 unspecified atom stereocenters. The van der Waals surface area contributed by atoms with Crippen LogP contribution >= 0.6 is 0 Å². The van der Waals surface area contributed by atoms with Crippen molar-refractivity contribution in [1.29, 1.82) is 0 Å². The second-order valence-electron chi connectivity index (χ2n) is 4.39. The summed E-state index contributed by atoms with van der Waals surface area (Å²) in [6, 6.07) is 5.51. The molecule has 8 nitrogen and oxygen atoms in total. The van der Waals surface area contributed by atoms with Gasteiger partial charge >= 0.3 is 11.7 Å². The molecule has 0 fully saturated rings. The SMILES string of the molecule is COC(=O)NCNC(=O)Cc1cc(=O)oc2cc(O)ccc12. The van der Waals surface area contributed by atoms with Crippen molar-refractivity contribution in [2.24, 2.45) is 0 Å². The van der Waals surface area contributed by atoms with E-state index in [2.05, 4.69) is 15.4 Å². The molecule has 2 amide bonds. The van der Waals surface area contributed by atoms with Gasteiger partial charge < -0.3 is 24.9 Å². The Morgan fingerprint density at radius 1 is 1.27 bits per heavy atom. The van der Waals surface area contributed by atoms with Crippen LogP contribution in [0.1, 0.15) is 5.56 Å². The van der Waals surface area contributed by atoms with Crippen molar-refractivity contribution in [2.45, 2.75) is 6.42 Å². The van der Waals surface area contributed by atoms with Crippen LogP contribution < -0.4 is 16.3 Å². The van der Waals surface area contributed by atoms with E-state index in [0.717, 1.165) is 0 Å². The first-order valence-corrected chi connectivity index (χ1v) is 6.34. The lowest BCUT2D eigenvalue weighted by Gasteiger charge is -2.08. The lowest BCUT2D eigenvalue weighted by Crippen LogP contribution is -2.37. The van der Waals surface area contributed by atoms with Gasteiger partial charge in [0, 0.05) is 17.5 Å². The van der Waals surface area contributed by atoms with Crippen LogP contribution in [0.2, 0.25) is 0 Å². The quantitative estimate of drug-likeness (QED) is 0.558. The molecule has 0 aliphatic rings. The number of carbonyl (C=O) groups is 2. The topological polar surface area (TPSA) is 118 Å². The predicted octanol–water partition coefficient (Wildman–Crippen LogP) is 0.471. The van der Waals surface area contributed by atoms with E-state index in [4.69, 9.17) is 4.42 Å². The number of nitrogens with one attached hydrogen (secondary N) is 2. The maximum atomic E-state index is 11.8. The summed E-state index contributed by atoms with van der Waals surface area (Å²) >= 11 is 0. The van der Waals surface area contributed by atoms with Crippen LogP contribution in [-0.4, -0.2) is 30.9 Å². The van der Waals surface area contributed by atoms with Crippen LogP contribution in [0.25, 0.3) is 11.0 Å². The highest BCUT2D eigenvalue weighted by molar-refractivity contribution is 5.87. The van der Waals surface area contributed by atoms with Crippen LogP contribution in [-0.2, 0) is 16.0 Å². The van der Waals surface area contributed by atoms with Gasteiger partial charge in [-0.25, -0.2) is 9.59 Å². The molecule has 8 heteroatoms. The van der Waals surface area contributed by atoms with E-state index in [0.29, 0.717) is 10.9 Å². The van der Waals surface area contributed by atoms with E-state index in [1.165, 1.54) is 25.3 Å². The molecule has 0 aliphatic carbocycles. The summed E-state index contributed by atoms with van der Waals surface area (Å²) in [4.78, 5) is 34.1. The fourth-order valence-electron chi connectivity index (χ4n) is 1.89. The van der Waals surface area contributed by atoms with E-state index in [9.17, 15) is 19.5 Å². The summed E-state index contributed by atoms with van der Waals surface area (Å²) in [6.07, 6.45) is -0.739. The Bertz CT molecular complexity index is 768. The lowest BCUT2D eigenvalue weighted by atomic mass is 10.1. The summed E-state index contributed by atoms with van der Waals surface area (Å²) in [5.41, 5.74) is 0.0402. The Morgan fingerprint density at radius 3 is 2.77 bits per heavy atom. The number of phenols is 1. The molecule has 0 atom stereocenters. The molecule has 0 bridgehead atoms. The Labute approximate surface area is 124 Å². The minimum Gasteiger partial charge on any atom is -0.508 e. The van der Waals surface area contributed by atoms with Crippen molar-refractivity contribution in [1.82, 2.24) is 10.6 Å². The molecule has 0 saturated heterocycles. The maximum Gasteiger partial charge on any atom is 0.408 e. The normalized spacial score (nSPS) is 10.2. The summed E-state index contributed by atoms with van der Waals surface area (Å²) in [5.74, 6) is -0.434. The molecular weight excluding hydrogens is 292 g/mol. The predicted molar refractivity (Wildman–Crippen MR) is 76.4 cm³/mol. The molecule has 0 saturated carbocycles. The number of methoxy groups -OCH3 is 1. The largest absolute Gasteiger partial charge is 0.508 e. The molecule has 1 aromatic carbocycles. The Kier molecular flexibility index (Phi) is 4.62. The molecule has 0 spiro atoms. The number of hydrogen-bond acceptors (Lipinski definition) is 6. The van der Waals surface area contributed by atoms with Gasteiger partial charge in [0.15, 0.2) is 0 Å². The maximum absolute atomic E-state index is 11.8. The summed E-state index contributed by atoms with van der Waals surface area (Å²) in [6.45, 7) is -0.0916. The molecule has 0 aliphatic heterocycles. The van der Waals surface area contributed by atoms with E-state index in [-0.39, 0.29) is 24.4 Å². The first kappa shape index (κ1) is 15.4. The van der Waals surface area contributed by atoms with Gasteiger partial charge in [0.05, 0.1) is 20.2 Å². The molecule has 2 aromatic rings. The van der Waals surface area contributed by atoms with Gasteiger partial charge in [0.1, 0.15) is 11.3 Å². The highest BCUT2D eigenvalue weighted by atomic mass is 16.5. The van der Waals surface area contributed by atoms with E-state index in [1.807, 2.05) is 0 Å².